The van der Waals surface area contributed by atoms with Gasteiger partial charge in [-0.1, -0.05) is 30.3 Å². The highest BCUT2D eigenvalue weighted by atomic mass is 16.5. The van der Waals surface area contributed by atoms with Gasteiger partial charge in [0.25, 0.3) is 0 Å². The first-order valence-corrected chi connectivity index (χ1v) is 8.68. The van der Waals surface area contributed by atoms with Crippen LogP contribution >= 0.6 is 0 Å². The molecule has 0 heterocycles. The van der Waals surface area contributed by atoms with E-state index < -0.39 is 6.09 Å². The number of aliphatic hydroxyl groups excluding tert-OH is 1. The van der Waals surface area contributed by atoms with Gasteiger partial charge in [-0.2, -0.15) is 0 Å². The lowest BCUT2D eigenvalue weighted by atomic mass is 9.91. The Morgan fingerprint density at radius 2 is 1.72 bits per heavy atom. The molecule has 1 aliphatic rings. The van der Waals surface area contributed by atoms with Crippen molar-refractivity contribution in [3.05, 3.63) is 35.9 Å². The third-order valence-electron chi connectivity index (χ3n) is 4.37. The van der Waals surface area contributed by atoms with Gasteiger partial charge in [-0.25, -0.2) is 9.59 Å². The molecule has 138 valence electrons. The Morgan fingerprint density at radius 1 is 1.12 bits per heavy atom. The first-order valence-electron chi connectivity index (χ1n) is 8.68. The van der Waals surface area contributed by atoms with E-state index in [4.69, 9.17) is 9.84 Å². The van der Waals surface area contributed by atoms with Gasteiger partial charge in [-0.05, 0) is 31.2 Å². The van der Waals surface area contributed by atoms with Crippen molar-refractivity contribution in [2.75, 3.05) is 20.2 Å². The summed E-state index contributed by atoms with van der Waals surface area (Å²) in [5.74, 6) is 0. The summed E-state index contributed by atoms with van der Waals surface area (Å²) in [6.07, 6.45) is 2.81. The largest absolute Gasteiger partial charge is 0.445 e. The highest BCUT2D eigenvalue weighted by molar-refractivity contribution is 5.74. The SMILES string of the molecule is CN(CCO)C(=O)NC1CCC(NC(=O)OCc2ccccc2)CC1. The van der Waals surface area contributed by atoms with Gasteiger partial charge in [0.1, 0.15) is 6.61 Å². The van der Waals surface area contributed by atoms with Crippen LogP contribution in [-0.2, 0) is 11.3 Å². The lowest BCUT2D eigenvalue weighted by Gasteiger charge is -2.30. The summed E-state index contributed by atoms with van der Waals surface area (Å²) in [4.78, 5) is 25.2. The number of carbonyl (C=O) groups excluding carboxylic acids is 2. The third-order valence-corrected chi connectivity index (χ3v) is 4.37. The summed E-state index contributed by atoms with van der Waals surface area (Å²) in [6, 6.07) is 9.56. The van der Waals surface area contributed by atoms with Crippen LogP contribution < -0.4 is 10.6 Å². The molecule has 1 aromatic rings. The number of nitrogens with zero attached hydrogens (tertiary/aromatic N) is 1. The van der Waals surface area contributed by atoms with E-state index in [2.05, 4.69) is 10.6 Å². The number of amides is 3. The van der Waals surface area contributed by atoms with Crippen molar-refractivity contribution in [3.63, 3.8) is 0 Å². The smallest absolute Gasteiger partial charge is 0.407 e. The third kappa shape index (κ3) is 6.62. The lowest BCUT2D eigenvalue weighted by molar-refractivity contribution is 0.131. The summed E-state index contributed by atoms with van der Waals surface area (Å²) in [7, 11) is 1.65. The number of hydrogen-bond donors (Lipinski definition) is 3. The molecule has 1 aromatic carbocycles. The van der Waals surface area contributed by atoms with Crippen LogP contribution in [0.2, 0.25) is 0 Å². The molecule has 0 aromatic heterocycles. The topological polar surface area (TPSA) is 90.9 Å². The van der Waals surface area contributed by atoms with Gasteiger partial charge in [-0.3, -0.25) is 0 Å². The van der Waals surface area contributed by atoms with Crippen LogP contribution in [0, 0.1) is 0 Å². The molecule has 0 bridgehead atoms. The predicted molar refractivity (Wildman–Crippen MR) is 94.1 cm³/mol. The Labute approximate surface area is 148 Å². The monoisotopic (exact) mass is 349 g/mol. The van der Waals surface area contributed by atoms with E-state index in [-0.39, 0.29) is 31.3 Å². The Balaban J connectivity index is 1.64. The van der Waals surface area contributed by atoms with Gasteiger partial charge in [0, 0.05) is 25.7 Å². The summed E-state index contributed by atoms with van der Waals surface area (Å²) >= 11 is 0. The number of alkyl carbamates (subject to hydrolysis) is 1. The van der Waals surface area contributed by atoms with Crippen molar-refractivity contribution < 1.29 is 19.4 Å². The van der Waals surface area contributed by atoms with Gasteiger partial charge in [0.2, 0.25) is 0 Å². The van der Waals surface area contributed by atoms with Crippen LogP contribution in [0.15, 0.2) is 30.3 Å². The van der Waals surface area contributed by atoms with Crippen LogP contribution in [0.1, 0.15) is 31.2 Å². The minimum Gasteiger partial charge on any atom is -0.445 e. The number of urea groups is 1. The Kier molecular flexibility index (Phi) is 7.53. The Hall–Kier alpha value is -2.28. The number of rotatable bonds is 6. The molecule has 7 heteroatoms. The minimum atomic E-state index is -0.404. The van der Waals surface area contributed by atoms with Crippen LogP contribution in [0.3, 0.4) is 0 Å². The quantitative estimate of drug-likeness (QED) is 0.731. The molecule has 0 unspecified atom stereocenters. The first kappa shape index (κ1) is 19.1. The minimum absolute atomic E-state index is 0.0499. The number of nitrogens with one attached hydrogen (secondary N) is 2. The maximum absolute atomic E-state index is 11.9. The second kappa shape index (κ2) is 9.88. The van der Waals surface area contributed by atoms with Crippen molar-refractivity contribution in [2.45, 2.75) is 44.4 Å². The molecule has 0 spiro atoms. The zero-order valence-corrected chi connectivity index (χ0v) is 14.6. The molecule has 1 aliphatic carbocycles. The molecule has 0 radical (unpaired) electrons. The molecule has 3 amide bonds. The molecular weight excluding hydrogens is 322 g/mol. The fourth-order valence-corrected chi connectivity index (χ4v) is 2.85. The zero-order valence-electron chi connectivity index (χ0n) is 14.6. The van der Waals surface area contributed by atoms with E-state index in [1.54, 1.807) is 7.05 Å². The molecular formula is C18H27N3O4. The van der Waals surface area contributed by atoms with Gasteiger partial charge < -0.3 is 25.4 Å². The van der Waals surface area contributed by atoms with E-state index in [0.29, 0.717) is 6.54 Å². The average Bonchev–Trinajstić information content (AvgIpc) is 2.62. The highest BCUT2D eigenvalue weighted by Gasteiger charge is 2.24. The molecule has 1 saturated carbocycles. The zero-order chi connectivity index (χ0) is 18.1. The van der Waals surface area contributed by atoms with Gasteiger partial charge in [-0.15, -0.1) is 0 Å². The number of carbonyl (C=O) groups is 2. The lowest BCUT2D eigenvalue weighted by Crippen LogP contribution is -2.47. The van der Waals surface area contributed by atoms with E-state index in [1.165, 1.54) is 4.90 Å². The average molecular weight is 349 g/mol. The number of likely N-dealkylation sites (N-methyl/N-ethyl adjacent to an activating group) is 1. The van der Waals surface area contributed by atoms with Crippen LogP contribution in [0.25, 0.3) is 0 Å². The van der Waals surface area contributed by atoms with E-state index in [1.807, 2.05) is 30.3 Å². The molecule has 2 rings (SSSR count). The maximum atomic E-state index is 11.9. The first-order chi connectivity index (χ1) is 12.1. The molecule has 0 atom stereocenters. The van der Waals surface area contributed by atoms with Crippen LogP contribution in [0.5, 0.6) is 0 Å². The molecule has 0 aliphatic heterocycles. The van der Waals surface area contributed by atoms with Crippen molar-refractivity contribution in [1.82, 2.24) is 15.5 Å². The molecule has 7 nitrogen and oxygen atoms in total. The molecule has 0 saturated heterocycles. The van der Waals surface area contributed by atoms with Crippen molar-refractivity contribution in [3.8, 4) is 0 Å². The number of ether oxygens (including phenoxy) is 1. The highest BCUT2D eigenvalue weighted by Crippen LogP contribution is 2.19. The predicted octanol–water partition coefficient (Wildman–Crippen LogP) is 1.86. The van der Waals surface area contributed by atoms with E-state index in [9.17, 15) is 9.59 Å². The Morgan fingerprint density at radius 3 is 2.32 bits per heavy atom. The van der Waals surface area contributed by atoms with Crippen molar-refractivity contribution in [2.24, 2.45) is 0 Å². The van der Waals surface area contributed by atoms with E-state index >= 15 is 0 Å². The van der Waals surface area contributed by atoms with Gasteiger partial charge in [0.15, 0.2) is 0 Å². The Bertz CT molecular complexity index is 545. The second-order valence-corrected chi connectivity index (χ2v) is 6.35. The van der Waals surface area contributed by atoms with Crippen molar-refractivity contribution in [1.29, 1.82) is 0 Å². The van der Waals surface area contributed by atoms with Gasteiger partial charge in [0.05, 0.1) is 6.61 Å². The number of hydrogen-bond acceptors (Lipinski definition) is 4. The molecule has 1 fully saturated rings. The van der Waals surface area contributed by atoms with Crippen LogP contribution in [-0.4, -0.2) is 54.4 Å². The van der Waals surface area contributed by atoms with Crippen molar-refractivity contribution >= 4 is 12.1 Å². The summed E-state index contributed by atoms with van der Waals surface area (Å²) in [5, 5.41) is 14.7. The maximum Gasteiger partial charge on any atom is 0.407 e. The molecule has 3 N–H and O–H groups in total. The van der Waals surface area contributed by atoms with Gasteiger partial charge >= 0.3 is 12.1 Å². The standard InChI is InChI=1S/C18H27N3O4/c1-21(11-12-22)17(23)19-15-7-9-16(10-8-15)20-18(24)25-13-14-5-3-2-4-6-14/h2-6,15-16,22H,7-13H2,1H3,(H,19,23)(H,20,24). The number of benzene rings is 1. The second-order valence-electron chi connectivity index (χ2n) is 6.35. The molecule has 25 heavy (non-hydrogen) atoms. The normalized spacial score (nSPS) is 19.8. The summed E-state index contributed by atoms with van der Waals surface area (Å²) in [6.45, 7) is 0.525. The summed E-state index contributed by atoms with van der Waals surface area (Å²) < 4.78 is 5.23. The van der Waals surface area contributed by atoms with E-state index in [0.717, 1.165) is 31.2 Å². The van der Waals surface area contributed by atoms with Crippen LogP contribution in [0.4, 0.5) is 9.59 Å². The fraction of sp³-hybridized carbons (Fsp3) is 0.556. The fourth-order valence-electron chi connectivity index (χ4n) is 2.85. The summed E-state index contributed by atoms with van der Waals surface area (Å²) in [5.41, 5.74) is 0.955. The number of aliphatic hydroxyl groups is 1.